The molecule has 4 rings (SSSR count). The fourth-order valence-corrected chi connectivity index (χ4v) is 5.94. The molecule has 3 amide bonds. The van der Waals surface area contributed by atoms with Crippen LogP contribution in [0.25, 0.3) is 0 Å². The van der Waals surface area contributed by atoms with Crippen LogP contribution in [0.4, 0.5) is 11.4 Å². The Morgan fingerprint density at radius 2 is 1.60 bits per heavy atom. The van der Waals surface area contributed by atoms with Crippen LogP contribution in [0.1, 0.15) is 80.3 Å². The third kappa shape index (κ3) is 9.70. The molecule has 0 aromatic heterocycles. The zero-order valence-electron chi connectivity index (χ0n) is 25.4. The molecule has 2 N–H and O–H groups in total. The van der Waals surface area contributed by atoms with Crippen molar-refractivity contribution < 1.29 is 19.1 Å². The molecule has 0 radical (unpaired) electrons. The van der Waals surface area contributed by atoms with Crippen molar-refractivity contribution in [1.82, 2.24) is 5.32 Å². The summed E-state index contributed by atoms with van der Waals surface area (Å²) in [5.74, 6) is -0.425. The summed E-state index contributed by atoms with van der Waals surface area (Å²) in [6.07, 6.45) is 8.64. The predicted octanol–water partition coefficient (Wildman–Crippen LogP) is 8.61. The van der Waals surface area contributed by atoms with Crippen molar-refractivity contribution in [2.75, 3.05) is 16.9 Å². The van der Waals surface area contributed by atoms with Gasteiger partial charge in [0.1, 0.15) is 17.3 Å². The highest BCUT2D eigenvalue weighted by Crippen LogP contribution is 2.38. The predicted molar refractivity (Wildman–Crippen MR) is 182 cm³/mol. The molecule has 1 aliphatic rings. The Morgan fingerprint density at radius 3 is 2.31 bits per heavy atom. The van der Waals surface area contributed by atoms with Gasteiger partial charge in [-0.15, -0.1) is 0 Å². The average Bonchev–Trinajstić information content (AvgIpc) is 3.35. The molecule has 1 heterocycles. The minimum Gasteiger partial charge on any atom is -0.483 e. The van der Waals surface area contributed by atoms with Crippen molar-refractivity contribution in [3.63, 3.8) is 0 Å². The number of hydrogen-bond acceptors (Lipinski definition) is 5. The SMILES string of the molecule is CCCCCc1ccc(OCC(=O)Nc2cccc(C(=O)NC3=NN(c4c(Cl)cc(Cl)cc4Cl)C(=O)C3)c2)c(CCCCC)c1. The lowest BCUT2D eigenvalue weighted by Gasteiger charge is -2.15. The van der Waals surface area contributed by atoms with Crippen molar-refractivity contribution in [3.8, 4) is 5.75 Å². The van der Waals surface area contributed by atoms with Gasteiger partial charge in [-0.25, -0.2) is 0 Å². The van der Waals surface area contributed by atoms with Crippen molar-refractivity contribution >= 4 is 69.7 Å². The third-order valence-electron chi connectivity index (χ3n) is 7.24. The lowest BCUT2D eigenvalue weighted by molar-refractivity contribution is -0.118. The van der Waals surface area contributed by atoms with E-state index in [1.165, 1.54) is 36.6 Å². The number of carbonyl (C=O) groups is 3. The maximum Gasteiger partial charge on any atom is 0.262 e. The topological polar surface area (TPSA) is 100 Å². The van der Waals surface area contributed by atoms with Gasteiger partial charge in [-0.3, -0.25) is 14.4 Å². The van der Waals surface area contributed by atoms with Crippen LogP contribution in [0, 0.1) is 0 Å². The minimum absolute atomic E-state index is 0.126. The maximum absolute atomic E-state index is 13.0. The quantitative estimate of drug-likeness (QED) is 0.168. The number of nitrogens with zero attached hydrogens (tertiary/aromatic N) is 2. The first-order valence-electron chi connectivity index (χ1n) is 15.2. The van der Waals surface area contributed by atoms with E-state index in [0.717, 1.165) is 54.8 Å². The van der Waals surface area contributed by atoms with Crippen LogP contribution in [-0.4, -0.2) is 30.2 Å². The minimum atomic E-state index is -0.500. The summed E-state index contributed by atoms with van der Waals surface area (Å²) in [7, 11) is 0. The van der Waals surface area contributed by atoms with E-state index in [1.54, 1.807) is 18.2 Å². The number of nitrogens with one attached hydrogen (secondary N) is 2. The van der Waals surface area contributed by atoms with Crippen LogP contribution in [-0.2, 0) is 22.4 Å². The van der Waals surface area contributed by atoms with Gasteiger partial charge in [0.05, 0.1) is 16.5 Å². The first-order chi connectivity index (χ1) is 21.7. The molecule has 3 aromatic carbocycles. The number of hydrazone groups is 1. The molecule has 0 atom stereocenters. The second-order valence-electron chi connectivity index (χ2n) is 10.9. The van der Waals surface area contributed by atoms with Crippen LogP contribution in [0.2, 0.25) is 15.1 Å². The van der Waals surface area contributed by atoms with Crippen LogP contribution < -0.4 is 20.4 Å². The summed E-state index contributed by atoms with van der Waals surface area (Å²) in [5.41, 5.74) is 3.29. The van der Waals surface area contributed by atoms with Gasteiger partial charge in [-0.2, -0.15) is 10.1 Å². The average molecular weight is 672 g/mol. The Kier molecular flexibility index (Phi) is 12.7. The highest BCUT2D eigenvalue weighted by atomic mass is 35.5. The lowest BCUT2D eigenvalue weighted by Crippen LogP contribution is -2.29. The Balaban J connectivity index is 1.36. The van der Waals surface area contributed by atoms with Crippen molar-refractivity contribution in [2.45, 2.75) is 71.6 Å². The van der Waals surface area contributed by atoms with E-state index in [9.17, 15) is 14.4 Å². The molecule has 0 fully saturated rings. The van der Waals surface area contributed by atoms with E-state index < -0.39 is 11.8 Å². The van der Waals surface area contributed by atoms with E-state index in [-0.39, 0.29) is 46.1 Å². The molecule has 0 aliphatic carbocycles. The van der Waals surface area contributed by atoms with Gasteiger partial charge in [0.15, 0.2) is 6.61 Å². The highest BCUT2D eigenvalue weighted by Gasteiger charge is 2.30. The molecule has 8 nitrogen and oxygen atoms in total. The molecule has 0 saturated heterocycles. The van der Waals surface area contributed by atoms with Gasteiger partial charge in [-0.1, -0.05) is 92.5 Å². The summed E-state index contributed by atoms with van der Waals surface area (Å²) < 4.78 is 5.96. The van der Waals surface area contributed by atoms with E-state index in [2.05, 4.69) is 41.7 Å². The van der Waals surface area contributed by atoms with Crippen LogP contribution in [0.3, 0.4) is 0 Å². The van der Waals surface area contributed by atoms with Crippen LogP contribution in [0.15, 0.2) is 59.7 Å². The van der Waals surface area contributed by atoms with Gasteiger partial charge in [0.2, 0.25) is 0 Å². The maximum atomic E-state index is 13.0. The van der Waals surface area contributed by atoms with Gasteiger partial charge in [0.25, 0.3) is 17.7 Å². The normalized spacial score (nSPS) is 12.7. The van der Waals surface area contributed by atoms with E-state index >= 15 is 0 Å². The zero-order chi connectivity index (χ0) is 32.3. The molecule has 0 unspecified atom stereocenters. The molecule has 238 valence electrons. The zero-order valence-corrected chi connectivity index (χ0v) is 27.7. The summed E-state index contributed by atoms with van der Waals surface area (Å²) in [6.45, 7) is 4.20. The number of amidine groups is 1. The molecule has 11 heteroatoms. The van der Waals surface area contributed by atoms with Gasteiger partial charge < -0.3 is 15.4 Å². The number of anilines is 2. The second-order valence-corrected chi connectivity index (χ2v) is 12.1. The van der Waals surface area contributed by atoms with Gasteiger partial charge >= 0.3 is 0 Å². The molecule has 3 aromatic rings. The number of hydrogen-bond donors (Lipinski definition) is 2. The molecule has 0 bridgehead atoms. The summed E-state index contributed by atoms with van der Waals surface area (Å²) in [5, 5.41) is 11.3. The number of carbonyl (C=O) groups excluding carboxylic acids is 3. The first-order valence-corrected chi connectivity index (χ1v) is 16.3. The molecule has 1 aliphatic heterocycles. The smallest absolute Gasteiger partial charge is 0.262 e. The number of ether oxygens (including phenoxy) is 1. The molecular weight excluding hydrogens is 635 g/mol. The molecular formula is C34H37Cl3N4O4. The Hall–Kier alpha value is -3.59. The van der Waals surface area contributed by atoms with Gasteiger partial charge in [0, 0.05) is 16.3 Å². The molecule has 0 saturated carbocycles. The summed E-state index contributed by atoms with van der Waals surface area (Å²) >= 11 is 18.5. The monoisotopic (exact) mass is 670 g/mol. The van der Waals surface area contributed by atoms with Crippen LogP contribution >= 0.6 is 34.8 Å². The number of benzene rings is 3. The third-order valence-corrected chi connectivity index (χ3v) is 8.03. The fourth-order valence-electron chi connectivity index (χ4n) is 4.96. The summed E-state index contributed by atoms with van der Waals surface area (Å²) in [6, 6.07) is 15.6. The van der Waals surface area contributed by atoms with Crippen molar-refractivity contribution in [3.05, 3.63) is 86.4 Å². The number of aryl methyl sites for hydroxylation is 2. The van der Waals surface area contributed by atoms with Crippen LogP contribution in [0.5, 0.6) is 5.75 Å². The van der Waals surface area contributed by atoms with E-state index in [0.29, 0.717) is 10.7 Å². The largest absolute Gasteiger partial charge is 0.483 e. The first kappa shape index (κ1) is 34.3. The molecule has 45 heavy (non-hydrogen) atoms. The van der Waals surface area contributed by atoms with E-state index in [1.807, 2.05) is 6.07 Å². The number of unbranched alkanes of at least 4 members (excludes halogenated alkanes) is 4. The summed E-state index contributed by atoms with van der Waals surface area (Å²) in [4.78, 5) is 38.5. The van der Waals surface area contributed by atoms with Gasteiger partial charge in [-0.05, 0) is 73.2 Å². The number of halogens is 3. The van der Waals surface area contributed by atoms with E-state index in [4.69, 9.17) is 39.5 Å². The molecule has 0 spiro atoms. The Labute approximate surface area is 279 Å². The number of amides is 3. The fraction of sp³-hybridized carbons (Fsp3) is 0.353. The van der Waals surface area contributed by atoms with Crippen molar-refractivity contribution in [2.24, 2.45) is 5.10 Å². The Morgan fingerprint density at radius 1 is 0.889 bits per heavy atom. The second kappa shape index (κ2) is 16.6. The lowest BCUT2D eigenvalue weighted by atomic mass is 10.0. The highest BCUT2D eigenvalue weighted by molar-refractivity contribution is 6.42. The standard InChI is InChI=1S/C34H37Cl3N4O4/c1-3-5-7-10-22-14-15-29(23(16-22)11-8-6-4-2)45-21-31(42)38-26-13-9-12-24(17-26)34(44)39-30-20-32(43)41(40-30)33-27(36)18-25(35)19-28(33)37/h9,12-19H,3-8,10-11,20-21H2,1-2H3,(H,38,42)(H,39,40,44). The number of rotatable bonds is 14. The Bertz CT molecular complexity index is 1550. The van der Waals surface area contributed by atoms with Crippen molar-refractivity contribution in [1.29, 1.82) is 0 Å².